The van der Waals surface area contributed by atoms with Gasteiger partial charge in [-0.2, -0.15) is 0 Å². The fourth-order valence-corrected chi connectivity index (χ4v) is 3.56. The van der Waals surface area contributed by atoms with Crippen LogP contribution in [0.25, 0.3) is 0 Å². The van der Waals surface area contributed by atoms with Crippen molar-refractivity contribution in [1.82, 2.24) is 10.3 Å². The molecule has 1 aliphatic rings. The number of rotatable bonds is 8. The Kier molecular flexibility index (Phi) is 7.12. The van der Waals surface area contributed by atoms with Gasteiger partial charge in [-0.15, -0.1) is 0 Å². The van der Waals surface area contributed by atoms with Crippen molar-refractivity contribution in [2.24, 2.45) is 0 Å². The van der Waals surface area contributed by atoms with Crippen LogP contribution in [0.3, 0.4) is 0 Å². The average Bonchev–Trinajstić information content (AvgIpc) is 2.74. The van der Waals surface area contributed by atoms with Crippen molar-refractivity contribution in [3.05, 3.63) is 48.3 Å². The van der Waals surface area contributed by atoms with Crippen LogP contribution >= 0.6 is 0 Å². The molecule has 1 heterocycles. The number of aryl methyl sites for hydroxylation is 1. The number of nitrogens with zero attached hydrogens (tertiary/aromatic N) is 1. The summed E-state index contributed by atoms with van der Waals surface area (Å²) in [6.45, 7) is 0. The third-order valence-electron chi connectivity index (χ3n) is 5.06. The molecule has 1 aliphatic carbocycles. The number of hydrogen-bond acceptors (Lipinski definition) is 5. The number of aromatic nitrogens is 1. The average molecular weight is 384 g/mol. The van der Waals surface area contributed by atoms with Crippen molar-refractivity contribution in [2.75, 3.05) is 14.2 Å². The second kappa shape index (κ2) is 9.97. The Morgan fingerprint density at radius 2 is 1.86 bits per heavy atom. The normalized spacial score (nSPS) is 18.9. The highest BCUT2D eigenvalue weighted by Crippen LogP contribution is 2.38. The summed E-state index contributed by atoms with van der Waals surface area (Å²) in [5.74, 6) is 2.08. The highest BCUT2D eigenvalue weighted by atomic mass is 16.5. The van der Waals surface area contributed by atoms with Gasteiger partial charge in [0.2, 0.25) is 11.7 Å². The Balaban J connectivity index is 1.44. The molecule has 1 aromatic heterocycles. The van der Waals surface area contributed by atoms with Crippen LogP contribution in [0.1, 0.15) is 37.7 Å². The van der Waals surface area contributed by atoms with Gasteiger partial charge in [0.1, 0.15) is 0 Å². The lowest BCUT2D eigenvalue weighted by molar-refractivity contribution is -0.122. The van der Waals surface area contributed by atoms with E-state index in [1.165, 1.54) is 0 Å². The van der Waals surface area contributed by atoms with Gasteiger partial charge >= 0.3 is 0 Å². The second-order valence-electron chi connectivity index (χ2n) is 7.01. The molecule has 150 valence electrons. The van der Waals surface area contributed by atoms with E-state index >= 15 is 0 Å². The molecule has 28 heavy (non-hydrogen) atoms. The highest BCUT2D eigenvalue weighted by Gasteiger charge is 2.25. The molecule has 1 amide bonds. The molecule has 1 aromatic carbocycles. The quantitative estimate of drug-likeness (QED) is 0.754. The Morgan fingerprint density at radius 1 is 1.07 bits per heavy atom. The third-order valence-corrected chi connectivity index (χ3v) is 5.06. The van der Waals surface area contributed by atoms with Crippen molar-refractivity contribution >= 4 is 5.91 Å². The Labute approximate surface area is 166 Å². The standard InChI is InChI=1S/C22H28N2O4/c1-26-19-6-3-7-20(22(19)27-2)28-18-11-9-17(10-12-18)24-21(25)13-8-16-5-4-14-23-15-16/h3-7,14-15,17-18H,8-13H2,1-2H3,(H,24,25). The van der Waals surface area contributed by atoms with E-state index in [2.05, 4.69) is 10.3 Å². The van der Waals surface area contributed by atoms with Crippen molar-refractivity contribution in [2.45, 2.75) is 50.7 Å². The molecule has 6 heteroatoms. The molecule has 1 fully saturated rings. The molecule has 1 N–H and O–H groups in total. The first-order valence-corrected chi connectivity index (χ1v) is 9.75. The maximum absolute atomic E-state index is 12.2. The molecule has 0 bridgehead atoms. The number of carbonyl (C=O) groups excluding carboxylic acids is 1. The fourth-order valence-electron chi connectivity index (χ4n) is 3.56. The molecule has 0 radical (unpaired) electrons. The van der Waals surface area contributed by atoms with Crippen LogP contribution < -0.4 is 19.5 Å². The maximum Gasteiger partial charge on any atom is 0.220 e. The number of hydrogen-bond donors (Lipinski definition) is 1. The van der Waals surface area contributed by atoms with Crippen LogP contribution in [0, 0.1) is 0 Å². The molecule has 0 atom stereocenters. The summed E-state index contributed by atoms with van der Waals surface area (Å²) < 4.78 is 16.9. The van der Waals surface area contributed by atoms with Crippen molar-refractivity contribution < 1.29 is 19.0 Å². The molecule has 3 rings (SSSR count). The minimum Gasteiger partial charge on any atom is -0.493 e. The van der Waals surface area contributed by atoms with Gasteiger partial charge in [-0.3, -0.25) is 9.78 Å². The maximum atomic E-state index is 12.2. The van der Waals surface area contributed by atoms with Crippen molar-refractivity contribution in [3.8, 4) is 17.2 Å². The van der Waals surface area contributed by atoms with E-state index < -0.39 is 0 Å². The van der Waals surface area contributed by atoms with Crippen molar-refractivity contribution in [3.63, 3.8) is 0 Å². The van der Waals surface area contributed by atoms with Gasteiger partial charge in [0, 0.05) is 24.9 Å². The lowest BCUT2D eigenvalue weighted by Crippen LogP contribution is -2.39. The minimum absolute atomic E-state index is 0.0997. The molecule has 0 unspecified atom stereocenters. The van der Waals surface area contributed by atoms with Crippen LogP contribution in [-0.2, 0) is 11.2 Å². The van der Waals surface area contributed by atoms with Crippen LogP contribution in [0.5, 0.6) is 17.2 Å². The Hall–Kier alpha value is -2.76. The first-order chi connectivity index (χ1) is 13.7. The Bertz CT molecular complexity index is 758. The molecule has 6 nitrogen and oxygen atoms in total. The van der Waals surface area contributed by atoms with Crippen LogP contribution in [0.4, 0.5) is 0 Å². The lowest BCUT2D eigenvalue weighted by Gasteiger charge is -2.30. The molecule has 0 saturated heterocycles. The number of amides is 1. The topological polar surface area (TPSA) is 69.7 Å². The van der Waals surface area contributed by atoms with Gasteiger partial charge in [0.15, 0.2) is 11.5 Å². The fraction of sp³-hybridized carbons (Fsp3) is 0.455. The van der Waals surface area contributed by atoms with Gasteiger partial charge < -0.3 is 19.5 Å². The lowest BCUT2D eigenvalue weighted by atomic mass is 9.92. The van der Waals surface area contributed by atoms with E-state index in [9.17, 15) is 4.79 Å². The van der Waals surface area contributed by atoms with E-state index in [-0.39, 0.29) is 18.1 Å². The predicted molar refractivity (Wildman–Crippen MR) is 107 cm³/mol. The summed E-state index contributed by atoms with van der Waals surface area (Å²) in [7, 11) is 3.23. The number of nitrogens with one attached hydrogen (secondary N) is 1. The third kappa shape index (κ3) is 5.38. The number of ether oxygens (including phenoxy) is 3. The molecule has 2 aromatic rings. The van der Waals surface area contributed by atoms with Crippen LogP contribution in [0.2, 0.25) is 0 Å². The highest BCUT2D eigenvalue weighted by molar-refractivity contribution is 5.76. The largest absolute Gasteiger partial charge is 0.493 e. The van der Waals surface area contributed by atoms with E-state index in [1.807, 2.05) is 36.5 Å². The van der Waals surface area contributed by atoms with E-state index in [0.29, 0.717) is 30.1 Å². The van der Waals surface area contributed by atoms with Gasteiger partial charge in [-0.05, 0) is 55.9 Å². The van der Waals surface area contributed by atoms with Crippen LogP contribution in [-0.4, -0.2) is 37.3 Å². The van der Waals surface area contributed by atoms with Crippen molar-refractivity contribution in [1.29, 1.82) is 0 Å². The number of para-hydroxylation sites is 1. The summed E-state index contributed by atoms with van der Waals surface area (Å²) in [5, 5.41) is 3.15. The SMILES string of the molecule is COc1cccc(OC2CCC(NC(=O)CCc3cccnc3)CC2)c1OC. The first kappa shape index (κ1) is 20.0. The Morgan fingerprint density at radius 3 is 2.54 bits per heavy atom. The molecule has 0 spiro atoms. The zero-order valence-electron chi connectivity index (χ0n) is 16.5. The second-order valence-corrected chi connectivity index (χ2v) is 7.01. The van der Waals surface area contributed by atoms with Gasteiger partial charge in [0.25, 0.3) is 0 Å². The first-order valence-electron chi connectivity index (χ1n) is 9.75. The summed E-state index contributed by atoms with van der Waals surface area (Å²) in [6.07, 6.45) is 8.49. The molecular formula is C22H28N2O4. The van der Waals surface area contributed by atoms with E-state index in [4.69, 9.17) is 14.2 Å². The molecule has 1 saturated carbocycles. The monoisotopic (exact) mass is 384 g/mol. The zero-order chi connectivity index (χ0) is 19.8. The summed E-state index contributed by atoms with van der Waals surface area (Å²) in [4.78, 5) is 16.3. The smallest absolute Gasteiger partial charge is 0.220 e. The minimum atomic E-state index is 0.0997. The summed E-state index contributed by atoms with van der Waals surface area (Å²) >= 11 is 0. The number of carbonyl (C=O) groups is 1. The van der Waals surface area contributed by atoms with E-state index in [0.717, 1.165) is 31.2 Å². The number of methoxy groups -OCH3 is 2. The summed E-state index contributed by atoms with van der Waals surface area (Å²) in [5.41, 5.74) is 1.09. The van der Waals surface area contributed by atoms with Gasteiger partial charge in [-0.25, -0.2) is 0 Å². The van der Waals surface area contributed by atoms with Gasteiger partial charge in [0.05, 0.1) is 20.3 Å². The predicted octanol–water partition coefficient (Wildman–Crippen LogP) is 3.54. The zero-order valence-corrected chi connectivity index (χ0v) is 16.5. The van der Waals surface area contributed by atoms with Gasteiger partial charge in [-0.1, -0.05) is 12.1 Å². The van der Waals surface area contributed by atoms with E-state index in [1.54, 1.807) is 20.4 Å². The summed E-state index contributed by atoms with van der Waals surface area (Å²) in [6, 6.07) is 9.75. The van der Waals surface area contributed by atoms with Crippen LogP contribution in [0.15, 0.2) is 42.7 Å². The number of benzene rings is 1. The number of pyridine rings is 1. The molecular weight excluding hydrogens is 356 g/mol. The molecule has 0 aliphatic heterocycles.